The molecular formula is C26H30ClN7O3. The number of halogens is 1. The number of aryl methyl sites for hydroxylation is 1. The van der Waals surface area contributed by atoms with E-state index < -0.39 is 18.1 Å². The van der Waals surface area contributed by atoms with Gasteiger partial charge >= 0.3 is 5.97 Å². The van der Waals surface area contributed by atoms with Crippen LogP contribution in [-0.4, -0.2) is 53.4 Å². The summed E-state index contributed by atoms with van der Waals surface area (Å²) in [6.45, 7) is 3.96. The topological polar surface area (TPSA) is 145 Å². The smallest absolute Gasteiger partial charge is 0.325 e. The molecule has 0 aliphatic heterocycles. The van der Waals surface area contributed by atoms with Crippen LogP contribution in [0.3, 0.4) is 0 Å². The molecule has 4 N–H and O–H groups in total. The number of benzene rings is 2. The first-order chi connectivity index (χ1) is 17.9. The SMILES string of the molecule is CCCCc1nc(Cl)c(COC(=O)[C@@H](N)C(C)O)n1Cc1ccc(-c2ccccc2-c2nn[nH]n2)cc1. The zero-order valence-corrected chi connectivity index (χ0v) is 21.5. The van der Waals surface area contributed by atoms with Crippen molar-refractivity contribution in [3.63, 3.8) is 0 Å². The number of esters is 1. The maximum absolute atomic E-state index is 12.2. The average molecular weight is 524 g/mol. The van der Waals surface area contributed by atoms with Crippen LogP contribution < -0.4 is 5.73 Å². The Morgan fingerprint density at radius 3 is 2.57 bits per heavy atom. The lowest BCUT2D eigenvalue weighted by Gasteiger charge is -2.16. The number of carbonyl (C=O) groups excluding carboxylic acids is 1. The van der Waals surface area contributed by atoms with Crippen LogP contribution in [0.15, 0.2) is 48.5 Å². The van der Waals surface area contributed by atoms with Gasteiger partial charge in [-0.3, -0.25) is 4.79 Å². The number of unbranched alkanes of at least 4 members (excludes halogenated alkanes) is 1. The largest absolute Gasteiger partial charge is 0.458 e. The van der Waals surface area contributed by atoms with Crippen LogP contribution in [0, 0.1) is 0 Å². The standard InChI is InChI=1S/C26H30ClN7O3/c1-3-4-9-22-29-24(27)21(15-37-26(36)23(28)16(2)35)34(22)14-17-10-12-18(13-11-17)19-7-5-6-8-20(19)25-30-32-33-31-25/h5-8,10-13,16,23,35H,3-4,9,14-15,28H2,1-2H3,(H,30,31,32,33)/t16?,23-/m0/s1. The molecule has 10 nitrogen and oxygen atoms in total. The summed E-state index contributed by atoms with van der Waals surface area (Å²) in [7, 11) is 0. The Hall–Kier alpha value is -3.60. The van der Waals surface area contributed by atoms with Gasteiger partial charge in [0.15, 0.2) is 5.15 Å². The van der Waals surface area contributed by atoms with Crippen LogP contribution in [0.25, 0.3) is 22.5 Å². The maximum Gasteiger partial charge on any atom is 0.325 e. The van der Waals surface area contributed by atoms with Crippen molar-refractivity contribution in [2.24, 2.45) is 5.73 Å². The predicted molar refractivity (Wildman–Crippen MR) is 139 cm³/mol. The molecular weight excluding hydrogens is 494 g/mol. The van der Waals surface area contributed by atoms with E-state index in [1.165, 1.54) is 6.92 Å². The zero-order valence-electron chi connectivity index (χ0n) is 20.8. The molecule has 0 fully saturated rings. The van der Waals surface area contributed by atoms with E-state index in [-0.39, 0.29) is 11.8 Å². The van der Waals surface area contributed by atoms with Crippen molar-refractivity contribution in [3.05, 3.63) is 70.8 Å². The lowest BCUT2D eigenvalue weighted by atomic mass is 9.98. The summed E-state index contributed by atoms with van der Waals surface area (Å²) in [5.74, 6) is 0.658. The van der Waals surface area contributed by atoms with Crippen LogP contribution in [0.2, 0.25) is 5.15 Å². The fraction of sp³-hybridized carbons (Fsp3) is 0.346. The number of nitrogens with one attached hydrogen (secondary N) is 1. The van der Waals surface area contributed by atoms with Gasteiger partial charge in [0.2, 0.25) is 5.82 Å². The van der Waals surface area contributed by atoms with E-state index in [0.29, 0.717) is 18.1 Å². The van der Waals surface area contributed by atoms with Gasteiger partial charge in [-0.25, -0.2) is 4.98 Å². The third-order valence-corrected chi connectivity index (χ3v) is 6.42. The van der Waals surface area contributed by atoms with Gasteiger partial charge in [-0.1, -0.05) is 73.5 Å². The quantitative estimate of drug-likeness (QED) is 0.253. The molecule has 194 valence electrons. The summed E-state index contributed by atoms with van der Waals surface area (Å²) in [6.07, 6.45) is 1.68. The molecule has 0 saturated heterocycles. The van der Waals surface area contributed by atoms with Gasteiger partial charge in [-0.05, 0) is 35.2 Å². The molecule has 0 radical (unpaired) electrons. The van der Waals surface area contributed by atoms with Gasteiger partial charge in [0.1, 0.15) is 18.5 Å². The monoisotopic (exact) mass is 523 g/mol. The number of H-pyrrole nitrogens is 1. The average Bonchev–Trinajstić information content (AvgIpc) is 3.54. The fourth-order valence-electron chi connectivity index (χ4n) is 3.97. The van der Waals surface area contributed by atoms with Crippen LogP contribution in [-0.2, 0) is 29.1 Å². The molecule has 0 bridgehead atoms. The molecule has 0 amide bonds. The number of hydrogen-bond acceptors (Lipinski definition) is 8. The van der Waals surface area contributed by atoms with E-state index in [2.05, 4.69) is 32.5 Å². The van der Waals surface area contributed by atoms with Crippen molar-refractivity contribution in [2.75, 3.05) is 0 Å². The maximum atomic E-state index is 12.2. The molecule has 2 aromatic heterocycles. The first kappa shape index (κ1) is 26.5. The second-order valence-corrected chi connectivity index (χ2v) is 9.17. The predicted octanol–water partition coefficient (Wildman–Crippen LogP) is 3.53. The third kappa shape index (κ3) is 6.22. The normalized spacial score (nSPS) is 12.9. The Balaban J connectivity index is 1.58. The van der Waals surface area contributed by atoms with Gasteiger partial charge in [-0.15, -0.1) is 10.2 Å². The minimum atomic E-state index is -1.13. The van der Waals surface area contributed by atoms with Gasteiger partial charge in [0.05, 0.1) is 11.8 Å². The van der Waals surface area contributed by atoms with E-state index in [9.17, 15) is 9.90 Å². The Labute approximate surface area is 219 Å². The van der Waals surface area contributed by atoms with Crippen LogP contribution >= 0.6 is 11.6 Å². The summed E-state index contributed by atoms with van der Waals surface area (Å²) in [5.41, 5.74) is 10.2. The highest BCUT2D eigenvalue weighted by Crippen LogP contribution is 2.30. The molecule has 11 heteroatoms. The van der Waals surface area contributed by atoms with E-state index in [4.69, 9.17) is 22.1 Å². The Morgan fingerprint density at radius 1 is 1.19 bits per heavy atom. The molecule has 0 saturated carbocycles. The van der Waals surface area contributed by atoms with Gasteiger partial charge in [0, 0.05) is 18.5 Å². The molecule has 0 aliphatic carbocycles. The number of aromatic amines is 1. The molecule has 1 unspecified atom stereocenters. The van der Waals surface area contributed by atoms with Gasteiger partial charge in [0.25, 0.3) is 0 Å². The highest BCUT2D eigenvalue weighted by molar-refractivity contribution is 6.30. The number of aromatic nitrogens is 6. The highest BCUT2D eigenvalue weighted by Gasteiger charge is 2.23. The molecule has 4 aromatic rings. The second-order valence-electron chi connectivity index (χ2n) is 8.81. The summed E-state index contributed by atoms with van der Waals surface area (Å²) < 4.78 is 7.35. The summed E-state index contributed by atoms with van der Waals surface area (Å²) in [4.78, 5) is 16.7. The van der Waals surface area contributed by atoms with Crippen molar-refractivity contribution in [2.45, 2.75) is 58.4 Å². The van der Waals surface area contributed by atoms with E-state index in [1.54, 1.807) is 0 Å². The van der Waals surface area contributed by atoms with Crippen LogP contribution in [0.4, 0.5) is 0 Å². The summed E-state index contributed by atoms with van der Waals surface area (Å²) in [5, 5.41) is 24.3. The fourth-order valence-corrected chi connectivity index (χ4v) is 4.22. The second kappa shape index (κ2) is 12.1. The van der Waals surface area contributed by atoms with Gasteiger partial charge in [-0.2, -0.15) is 5.21 Å². The number of tetrazole rings is 1. The number of hydrogen-bond donors (Lipinski definition) is 3. The molecule has 4 rings (SSSR count). The number of nitrogens with zero attached hydrogens (tertiary/aromatic N) is 5. The zero-order chi connectivity index (χ0) is 26.4. The number of aliphatic hydroxyl groups is 1. The Kier molecular flexibility index (Phi) is 8.65. The minimum absolute atomic E-state index is 0.0899. The first-order valence-electron chi connectivity index (χ1n) is 12.1. The molecule has 0 spiro atoms. The number of nitrogens with two attached hydrogens (primary N) is 1. The number of ether oxygens (including phenoxy) is 1. The van der Waals surface area contributed by atoms with Crippen molar-refractivity contribution in [1.82, 2.24) is 30.2 Å². The number of carbonyl (C=O) groups is 1. The number of aliphatic hydroxyl groups excluding tert-OH is 1. The lowest BCUT2D eigenvalue weighted by molar-refractivity contribution is -0.149. The number of imidazole rings is 1. The molecule has 2 aromatic carbocycles. The summed E-state index contributed by atoms with van der Waals surface area (Å²) in [6, 6.07) is 14.9. The van der Waals surface area contributed by atoms with E-state index in [1.807, 2.05) is 53.1 Å². The molecule has 37 heavy (non-hydrogen) atoms. The molecule has 2 heterocycles. The Bertz CT molecular complexity index is 1320. The first-order valence-corrected chi connectivity index (χ1v) is 12.5. The van der Waals surface area contributed by atoms with Crippen LogP contribution in [0.1, 0.15) is 43.8 Å². The molecule has 2 atom stereocenters. The number of rotatable bonds is 11. The van der Waals surface area contributed by atoms with Gasteiger partial charge < -0.3 is 20.1 Å². The van der Waals surface area contributed by atoms with Crippen LogP contribution in [0.5, 0.6) is 0 Å². The third-order valence-electron chi connectivity index (χ3n) is 6.12. The van der Waals surface area contributed by atoms with Crippen molar-refractivity contribution in [3.8, 4) is 22.5 Å². The van der Waals surface area contributed by atoms with Crippen molar-refractivity contribution >= 4 is 17.6 Å². The van der Waals surface area contributed by atoms with Crippen molar-refractivity contribution < 1.29 is 14.6 Å². The highest BCUT2D eigenvalue weighted by atomic mass is 35.5. The lowest BCUT2D eigenvalue weighted by Crippen LogP contribution is -2.41. The minimum Gasteiger partial charge on any atom is -0.458 e. The van der Waals surface area contributed by atoms with Crippen molar-refractivity contribution in [1.29, 1.82) is 0 Å². The van der Waals surface area contributed by atoms with E-state index >= 15 is 0 Å². The molecule has 0 aliphatic rings. The summed E-state index contributed by atoms with van der Waals surface area (Å²) >= 11 is 6.47. The Morgan fingerprint density at radius 2 is 1.92 bits per heavy atom. The van der Waals surface area contributed by atoms with E-state index in [0.717, 1.165) is 47.3 Å².